The molecule has 0 saturated carbocycles. The second-order valence-corrected chi connectivity index (χ2v) is 15.1. The smallest absolute Gasteiger partial charge is 0.411 e. The molecule has 2 aliphatic heterocycles. The fourth-order valence-electron chi connectivity index (χ4n) is 7.93. The molecule has 2 saturated heterocycles. The van der Waals surface area contributed by atoms with Gasteiger partial charge in [0, 0.05) is 0 Å². The number of carbonyl (C=O) groups is 4. The van der Waals surface area contributed by atoms with Crippen LogP contribution in [0.3, 0.4) is 0 Å². The first-order valence-corrected chi connectivity index (χ1v) is 19.1. The van der Waals surface area contributed by atoms with Crippen LogP contribution in [0.1, 0.15) is 62.3 Å². The zero-order valence-corrected chi connectivity index (χ0v) is 32.4. The van der Waals surface area contributed by atoms with Gasteiger partial charge in [-0.1, -0.05) is 48.5 Å². The summed E-state index contributed by atoms with van der Waals surface area (Å²) in [5.41, 5.74) is 5.75. The summed E-state index contributed by atoms with van der Waals surface area (Å²) in [6.07, 6.45) is 5.28. The number of hydrogen-bond donors (Lipinski definition) is 6. The molecule has 0 aliphatic carbocycles. The van der Waals surface area contributed by atoms with Crippen LogP contribution in [0.15, 0.2) is 60.9 Å². The molecule has 2 aliphatic rings. The number of nitrogens with zero attached hydrogens (tertiary/aromatic N) is 6. The van der Waals surface area contributed by atoms with E-state index in [4.69, 9.17) is 9.97 Å². The standard InChI is InChI=1S/C40H52N10O6/c1-47(2)21-17-33(37(51)45-39(53)54)49-19-5-7-31(49)35-41-23-29(43-35)27-13-9-25(10-14-27)26-11-15-28(16-12-26)30-24-42-36(44-30)32-8-6-20-50(32)34(18-22-48(3)4)38(52)46-40(55)56/h9-16,23-24,31-34H,5-8,17-22H2,1-4H3,(H,41,43)(H,42,44)(H,45,51)(H,46,52)(H,53,54)(H,55,56)/t31-,32-,33-,34-/m0/s1. The molecule has 56 heavy (non-hydrogen) atoms. The van der Waals surface area contributed by atoms with Crippen molar-refractivity contribution >= 4 is 24.0 Å². The van der Waals surface area contributed by atoms with Crippen LogP contribution in [0, 0.1) is 0 Å². The minimum atomic E-state index is -1.35. The Labute approximate surface area is 326 Å². The van der Waals surface area contributed by atoms with Crippen LogP contribution < -0.4 is 10.6 Å². The maximum atomic E-state index is 12.9. The maximum absolute atomic E-state index is 12.9. The van der Waals surface area contributed by atoms with Crippen molar-refractivity contribution in [2.24, 2.45) is 0 Å². The van der Waals surface area contributed by atoms with E-state index in [0.29, 0.717) is 39.0 Å². The third-order valence-corrected chi connectivity index (χ3v) is 10.7. The van der Waals surface area contributed by atoms with Gasteiger partial charge in [-0.2, -0.15) is 0 Å². The first-order chi connectivity index (χ1) is 26.9. The number of amides is 4. The van der Waals surface area contributed by atoms with Crippen LogP contribution in [0.4, 0.5) is 9.59 Å². The van der Waals surface area contributed by atoms with Crippen molar-refractivity contribution in [1.82, 2.24) is 50.2 Å². The normalized spacial score (nSPS) is 18.7. The molecule has 0 spiro atoms. The Morgan fingerprint density at radius 2 is 1.02 bits per heavy atom. The Balaban J connectivity index is 1.12. The van der Waals surface area contributed by atoms with Crippen LogP contribution in [0.2, 0.25) is 0 Å². The number of rotatable bonds is 15. The minimum Gasteiger partial charge on any atom is -0.465 e. The third-order valence-electron chi connectivity index (χ3n) is 10.7. The molecule has 4 aromatic rings. The van der Waals surface area contributed by atoms with E-state index in [-0.39, 0.29) is 12.1 Å². The highest BCUT2D eigenvalue weighted by Gasteiger charge is 2.39. The maximum Gasteiger partial charge on any atom is 0.411 e. The van der Waals surface area contributed by atoms with Crippen LogP contribution >= 0.6 is 0 Å². The van der Waals surface area contributed by atoms with Crippen LogP contribution in [-0.4, -0.2) is 140 Å². The molecule has 2 aromatic heterocycles. The number of H-pyrrole nitrogens is 2. The number of aromatic amines is 2. The average Bonchev–Trinajstić information content (AvgIpc) is 3.99. The molecule has 2 fully saturated rings. The van der Waals surface area contributed by atoms with Gasteiger partial charge in [0.1, 0.15) is 11.6 Å². The number of likely N-dealkylation sites (tertiary alicyclic amines) is 2. The van der Waals surface area contributed by atoms with Gasteiger partial charge in [0.05, 0.1) is 47.9 Å². The van der Waals surface area contributed by atoms with Gasteiger partial charge in [-0.25, -0.2) is 19.6 Å². The van der Waals surface area contributed by atoms with Gasteiger partial charge in [-0.05, 0) is 115 Å². The highest BCUT2D eigenvalue weighted by atomic mass is 16.4. The third kappa shape index (κ3) is 9.68. The molecule has 0 radical (unpaired) electrons. The largest absolute Gasteiger partial charge is 0.465 e. The number of nitrogens with one attached hydrogen (secondary N) is 4. The molecule has 6 N–H and O–H groups in total. The van der Waals surface area contributed by atoms with Crippen molar-refractivity contribution in [3.05, 3.63) is 72.6 Å². The van der Waals surface area contributed by atoms with Crippen molar-refractivity contribution < 1.29 is 29.4 Å². The summed E-state index contributed by atoms with van der Waals surface area (Å²) >= 11 is 0. The quantitative estimate of drug-likeness (QED) is 0.0980. The molecule has 2 aromatic carbocycles. The summed E-state index contributed by atoms with van der Waals surface area (Å²) in [4.78, 5) is 72.9. The van der Waals surface area contributed by atoms with Crippen LogP contribution in [-0.2, 0) is 9.59 Å². The van der Waals surface area contributed by atoms with E-state index >= 15 is 0 Å². The second-order valence-electron chi connectivity index (χ2n) is 15.1. The van der Waals surface area contributed by atoms with Gasteiger partial charge in [0.15, 0.2) is 0 Å². The number of carboxylic acid groups (broad SMARTS) is 2. The average molecular weight is 769 g/mol. The SMILES string of the molecule is CN(C)CC[C@@H](C(=O)NC(=O)O)N1CCC[C@H]1c1ncc(-c2ccc(-c3ccc(-c4cnc([C@@H]5CCCN5[C@@H](CCN(C)C)C(=O)NC(=O)O)[nH]4)cc3)cc2)[nH]1. The van der Waals surface area contributed by atoms with E-state index in [1.165, 1.54) is 0 Å². The molecule has 0 bridgehead atoms. The summed E-state index contributed by atoms with van der Waals surface area (Å²) in [6.45, 7) is 2.63. The van der Waals surface area contributed by atoms with Crippen molar-refractivity contribution in [3.63, 3.8) is 0 Å². The number of aromatic nitrogens is 4. The van der Waals surface area contributed by atoms with E-state index in [9.17, 15) is 29.4 Å². The molecular formula is C40H52N10O6. The number of imide groups is 2. The molecular weight excluding hydrogens is 717 g/mol. The number of benzene rings is 2. The monoisotopic (exact) mass is 768 g/mol. The molecule has 4 heterocycles. The predicted octanol–water partition coefficient (Wildman–Crippen LogP) is 4.64. The van der Waals surface area contributed by atoms with Gasteiger partial charge < -0.3 is 30.0 Å². The lowest BCUT2D eigenvalue weighted by Gasteiger charge is -2.31. The summed E-state index contributed by atoms with van der Waals surface area (Å²) in [5.74, 6) is 0.481. The van der Waals surface area contributed by atoms with Crippen molar-refractivity contribution in [3.8, 4) is 33.6 Å². The van der Waals surface area contributed by atoms with Gasteiger partial charge in [0.25, 0.3) is 0 Å². The van der Waals surface area contributed by atoms with Crippen LogP contribution in [0.5, 0.6) is 0 Å². The van der Waals surface area contributed by atoms with Crippen molar-refractivity contribution in [2.75, 3.05) is 54.4 Å². The first kappa shape index (κ1) is 40.2. The lowest BCUT2D eigenvalue weighted by atomic mass is 10.0. The Bertz CT molecular complexity index is 1830. The summed E-state index contributed by atoms with van der Waals surface area (Å²) in [6, 6.07) is 15.0. The highest BCUT2D eigenvalue weighted by molar-refractivity contribution is 5.94. The topological polar surface area (TPSA) is 203 Å². The van der Waals surface area contributed by atoms with Gasteiger partial charge >= 0.3 is 12.2 Å². The number of hydrogen-bond acceptors (Lipinski definition) is 10. The molecule has 298 valence electrons. The van der Waals surface area contributed by atoms with E-state index < -0.39 is 36.1 Å². The van der Waals surface area contributed by atoms with E-state index in [1.807, 2.05) is 62.3 Å². The molecule has 4 atom stereocenters. The molecule has 16 heteroatoms. The van der Waals surface area contributed by atoms with Crippen LogP contribution in [0.25, 0.3) is 33.6 Å². The highest BCUT2D eigenvalue weighted by Crippen LogP contribution is 2.36. The molecule has 4 amide bonds. The van der Waals surface area contributed by atoms with E-state index in [2.05, 4.69) is 54.7 Å². The molecule has 0 unspecified atom stereocenters. The molecule has 16 nitrogen and oxygen atoms in total. The second kappa shape index (κ2) is 18.0. The minimum absolute atomic E-state index is 0.133. The van der Waals surface area contributed by atoms with E-state index in [1.54, 1.807) is 12.4 Å². The summed E-state index contributed by atoms with van der Waals surface area (Å²) in [5, 5.41) is 22.6. The number of carbonyl (C=O) groups excluding carboxylic acids is 2. The zero-order valence-electron chi connectivity index (χ0n) is 32.4. The van der Waals surface area contributed by atoms with Gasteiger partial charge in [0.2, 0.25) is 11.8 Å². The summed E-state index contributed by atoms with van der Waals surface area (Å²) in [7, 11) is 7.71. The van der Waals surface area contributed by atoms with E-state index in [0.717, 1.165) is 71.0 Å². The van der Waals surface area contributed by atoms with Gasteiger partial charge in [-0.3, -0.25) is 30.0 Å². The zero-order chi connectivity index (χ0) is 39.9. The first-order valence-electron chi connectivity index (χ1n) is 19.1. The number of imidazole rings is 2. The molecule has 6 rings (SSSR count). The van der Waals surface area contributed by atoms with Crippen molar-refractivity contribution in [1.29, 1.82) is 0 Å². The fourth-order valence-corrected chi connectivity index (χ4v) is 7.93. The Kier molecular flexibility index (Phi) is 13.0. The lowest BCUT2D eigenvalue weighted by molar-refractivity contribution is -0.127. The summed E-state index contributed by atoms with van der Waals surface area (Å²) < 4.78 is 0. The lowest BCUT2D eigenvalue weighted by Crippen LogP contribution is -2.49. The van der Waals surface area contributed by atoms with Crippen molar-refractivity contribution in [2.45, 2.75) is 62.7 Å². The predicted molar refractivity (Wildman–Crippen MR) is 211 cm³/mol. The Hall–Kier alpha value is -5.42. The van der Waals surface area contributed by atoms with Gasteiger partial charge in [-0.15, -0.1) is 0 Å². The fraction of sp³-hybridized carbons (Fsp3) is 0.450. The Morgan fingerprint density at radius 3 is 1.36 bits per heavy atom. The Morgan fingerprint density at radius 1 is 0.661 bits per heavy atom.